The maximum atomic E-state index is 5.58. The fourth-order valence-electron chi connectivity index (χ4n) is 3.17. The van der Waals surface area contributed by atoms with Gasteiger partial charge in [-0.2, -0.15) is 0 Å². The number of hydrogen-bond donors (Lipinski definition) is 1. The third kappa shape index (κ3) is 3.32. The molecule has 1 aromatic heterocycles. The minimum Gasteiger partial charge on any atom is -0.495 e. The minimum atomic E-state index is 0.563. The Labute approximate surface area is 155 Å². The smallest absolute Gasteiger partial charge is 0.227 e. The lowest BCUT2D eigenvalue weighted by atomic mass is 9.99. The van der Waals surface area contributed by atoms with Crippen LogP contribution in [0.3, 0.4) is 0 Å². The Hall–Kier alpha value is -2.18. The van der Waals surface area contributed by atoms with Crippen molar-refractivity contribution in [1.29, 1.82) is 0 Å². The molecule has 2 heterocycles. The number of likely N-dealkylation sites (N-methyl/N-ethyl adjacent to an activating group) is 1. The molecule has 0 radical (unpaired) electrons. The molecule has 0 saturated carbocycles. The molecule has 3 aromatic rings. The Kier molecular flexibility index (Phi) is 4.31. The van der Waals surface area contributed by atoms with Gasteiger partial charge in [0.25, 0.3) is 0 Å². The number of nitrogens with zero attached hydrogens (tertiary/aromatic N) is 3. The van der Waals surface area contributed by atoms with Crippen LogP contribution in [0.1, 0.15) is 11.1 Å². The van der Waals surface area contributed by atoms with E-state index in [2.05, 4.69) is 55.3 Å². The summed E-state index contributed by atoms with van der Waals surface area (Å²) < 4.78 is 6.58. The third-order valence-electron chi connectivity index (χ3n) is 4.52. The molecular weight excluding hydrogens is 380 g/mol. The van der Waals surface area contributed by atoms with Gasteiger partial charge in [0.05, 0.1) is 18.3 Å². The number of aromatic nitrogens is 2. The lowest BCUT2D eigenvalue weighted by molar-refractivity contribution is 0.312. The summed E-state index contributed by atoms with van der Waals surface area (Å²) in [6.45, 7) is 2.02. The highest BCUT2D eigenvalue weighted by Crippen LogP contribution is 2.33. The Morgan fingerprint density at radius 1 is 1.20 bits per heavy atom. The van der Waals surface area contributed by atoms with Gasteiger partial charge in [-0.1, -0.05) is 22.0 Å². The highest BCUT2D eigenvalue weighted by Gasteiger charge is 2.17. The largest absolute Gasteiger partial charge is 0.495 e. The van der Waals surface area contributed by atoms with Gasteiger partial charge in [-0.15, -0.1) is 0 Å². The summed E-state index contributed by atoms with van der Waals surface area (Å²) >= 11 is 3.49. The van der Waals surface area contributed by atoms with E-state index in [0.717, 1.165) is 46.3 Å². The van der Waals surface area contributed by atoms with Crippen molar-refractivity contribution in [2.75, 3.05) is 26.0 Å². The molecule has 4 rings (SSSR count). The van der Waals surface area contributed by atoms with Gasteiger partial charge in [-0.05, 0) is 48.9 Å². The van der Waals surface area contributed by atoms with E-state index in [1.807, 2.05) is 24.4 Å². The second kappa shape index (κ2) is 6.61. The standard InChI is InChI=1S/C19H19BrN4O/c1-24-6-5-12-8-18(25-2)17(7-14(12)11-24)23-19-21-10-13-3-4-15(20)9-16(13)22-19/h3-4,7-10H,5-6,11H2,1-2H3,(H,21,22,23). The zero-order valence-corrected chi connectivity index (χ0v) is 15.8. The summed E-state index contributed by atoms with van der Waals surface area (Å²) in [5.74, 6) is 1.38. The fraction of sp³-hybridized carbons (Fsp3) is 0.263. The first kappa shape index (κ1) is 16.3. The predicted molar refractivity (Wildman–Crippen MR) is 104 cm³/mol. The van der Waals surface area contributed by atoms with Crippen LogP contribution in [-0.4, -0.2) is 35.6 Å². The van der Waals surface area contributed by atoms with Crippen LogP contribution in [0.2, 0.25) is 0 Å². The summed E-state index contributed by atoms with van der Waals surface area (Å²) in [5, 5.41) is 4.33. The SMILES string of the molecule is COc1cc2c(cc1Nc1ncc3ccc(Br)cc3n1)CN(C)CC2. The molecule has 0 bridgehead atoms. The van der Waals surface area contributed by atoms with Gasteiger partial charge < -0.3 is 15.0 Å². The fourth-order valence-corrected chi connectivity index (χ4v) is 3.52. The van der Waals surface area contributed by atoms with Gasteiger partial charge in [-0.3, -0.25) is 0 Å². The van der Waals surface area contributed by atoms with Gasteiger partial charge in [0, 0.05) is 29.1 Å². The quantitative estimate of drug-likeness (QED) is 0.718. The summed E-state index contributed by atoms with van der Waals surface area (Å²) in [6, 6.07) is 10.3. The van der Waals surface area contributed by atoms with Crippen molar-refractivity contribution in [3.05, 3.63) is 52.1 Å². The highest BCUT2D eigenvalue weighted by molar-refractivity contribution is 9.10. The van der Waals surface area contributed by atoms with Crippen molar-refractivity contribution in [3.63, 3.8) is 0 Å². The number of halogens is 1. The molecule has 0 unspecified atom stereocenters. The first-order valence-electron chi connectivity index (χ1n) is 8.20. The van der Waals surface area contributed by atoms with E-state index < -0.39 is 0 Å². The zero-order chi connectivity index (χ0) is 17.4. The van der Waals surface area contributed by atoms with Crippen molar-refractivity contribution in [3.8, 4) is 5.75 Å². The van der Waals surface area contributed by atoms with Crippen molar-refractivity contribution in [2.45, 2.75) is 13.0 Å². The highest BCUT2D eigenvalue weighted by atomic mass is 79.9. The summed E-state index contributed by atoms with van der Waals surface area (Å²) in [6.07, 6.45) is 2.87. The van der Waals surface area contributed by atoms with E-state index in [1.165, 1.54) is 11.1 Å². The molecule has 6 heteroatoms. The number of benzene rings is 2. The molecule has 2 aromatic carbocycles. The lowest BCUT2D eigenvalue weighted by Crippen LogP contribution is -2.26. The van der Waals surface area contributed by atoms with E-state index in [-0.39, 0.29) is 0 Å². The first-order chi connectivity index (χ1) is 12.1. The van der Waals surface area contributed by atoms with Crippen molar-refractivity contribution in [2.24, 2.45) is 0 Å². The molecule has 1 aliphatic rings. The molecule has 0 spiro atoms. The molecule has 0 fully saturated rings. The van der Waals surface area contributed by atoms with Gasteiger partial charge in [0.15, 0.2) is 0 Å². The number of fused-ring (bicyclic) bond motifs is 2. The molecule has 1 N–H and O–H groups in total. The monoisotopic (exact) mass is 398 g/mol. The van der Waals surface area contributed by atoms with Crippen LogP contribution in [0.15, 0.2) is 41.0 Å². The normalized spacial score (nSPS) is 14.4. The Balaban J connectivity index is 1.71. The van der Waals surface area contributed by atoms with Crippen molar-refractivity contribution in [1.82, 2.24) is 14.9 Å². The molecule has 0 amide bonds. The Morgan fingerprint density at radius 3 is 2.92 bits per heavy atom. The minimum absolute atomic E-state index is 0.563. The van der Waals surface area contributed by atoms with E-state index in [9.17, 15) is 0 Å². The van der Waals surface area contributed by atoms with Crippen LogP contribution in [0.5, 0.6) is 5.75 Å². The Morgan fingerprint density at radius 2 is 2.08 bits per heavy atom. The van der Waals surface area contributed by atoms with Crippen LogP contribution in [0.4, 0.5) is 11.6 Å². The van der Waals surface area contributed by atoms with E-state index in [1.54, 1.807) is 7.11 Å². The van der Waals surface area contributed by atoms with E-state index in [4.69, 9.17) is 4.74 Å². The predicted octanol–water partition coefficient (Wildman–Crippen LogP) is 4.13. The number of methoxy groups -OCH3 is 1. The van der Waals surface area contributed by atoms with E-state index in [0.29, 0.717) is 5.95 Å². The molecular formula is C19H19BrN4O. The summed E-state index contributed by atoms with van der Waals surface area (Å²) in [7, 11) is 3.84. The number of hydrogen-bond acceptors (Lipinski definition) is 5. The molecule has 5 nitrogen and oxygen atoms in total. The average Bonchev–Trinajstić information content (AvgIpc) is 2.60. The van der Waals surface area contributed by atoms with E-state index >= 15 is 0 Å². The van der Waals surface area contributed by atoms with Crippen LogP contribution < -0.4 is 10.1 Å². The van der Waals surface area contributed by atoms with Gasteiger partial charge in [0.2, 0.25) is 5.95 Å². The number of ether oxygens (including phenoxy) is 1. The second-order valence-electron chi connectivity index (χ2n) is 6.33. The zero-order valence-electron chi connectivity index (χ0n) is 14.2. The van der Waals surface area contributed by atoms with Gasteiger partial charge >= 0.3 is 0 Å². The average molecular weight is 399 g/mol. The van der Waals surface area contributed by atoms with Gasteiger partial charge in [0.1, 0.15) is 5.75 Å². The molecule has 25 heavy (non-hydrogen) atoms. The number of rotatable bonds is 3. The first-order valence-corrected chi connectivity index (χ1v) is 8.99. The topological polar surface area (TPSA) is 50.3 Å². The number of anilines is 2. The maximum Gasteiger partial charge on any atom is 0.227 e. The third-order valence-corrected chi connectivity index (χ3v) is 5.01. The second-order valence-corrected chi connectivity index (χ2v) is 7.25. The molecule has 0 atom stereocenters. The Bertz CT molecular complexity index is 944. The summed E-state index contributed by atoms with van der Waals surface area (Å²) in [4.78, 5) is 11.4. The van der Waals surface area contributed by atoms with Crippen molar-refractivity contribution < 1.29 is 4.74 Å². The molecule has 0 saturated heterocycles. The van der Waals surface area contributed by atoms with Crippen LogP contribution in [0.25, 0.3) is 10.9 Å². The molecule has 1 aliphatic heterocycles. The van der Waals surface area contributed by atoms with Gasteiger partial charge in [-0.25, -0.2) is 9.97 Å². The van der Waals surface area contributed by atoms with Crippen LogP contribution >= 0.6 is 15.9 Å². The molecule has 128 valence electrons. The lowest BCUT2D eigenvalue weighted by Gasteiger charge is -2.26. The van der Waals surface area contributed by atoms with Crippen molar-refractivity contribution >= 4 is 38.5 Å². The van der Waals surface area contributed by atoms with Crippen LogP contribution in [-0.2, 0) is 13.0 Å². The maximum absolute atomic E-state index is 5.58. The molecule has 0 aliphatic carbocycles. The number of nitrogens with one attached hydrogen (secondary N) is 1. The summed E-state index contributed by atoms with van der Waals surface area (Å²) in [5.41, 5.74) is 4.46. The van der Waals surface area contributed by atoms with Crippen LogP contribution in [0, 0.1) is 0 Å².